The Morgan fingerprint density at radius 3 is 2.46 bits per heavy atom. The van der Waals surface area contributed by atoms with Crippen LogP contribution in [0.3, 0.4) is 0 Å². The van der Waals surface area contributed by atoms with E-state index in [9.17, 15) is 22.8 Å². The van der Waals surface area contributed by atoms with Crippen LogP contribution in [0, 0.1) is 0 Å². The average molecular weight is 562 g/mol. The van der Waals surface area contributed by atoms with Gasteiger partial charge in [-0.05, 0) is 37.0 Å². The number of hydrogen-bond acceptors (Lipinski definition) is 9. The van der Waals surface area contributed by atoms with E-state index in [1.165, 1.54) is 41.1 Å². The minimum Gasteiger partial charge on any atom is -0.368 e. The molecular formula is C24H26F3N9O2S. The lowest BCUT2D eigenvalue weighted by Crippen LogP contribution is -2.37. The Morgan fingerprint density at radius 2 is 1.74 bits per heavy atom. The topological polar surface area (TPSA) is 130 Å². The molecule has 39 heavy (non-hydrogen) atoms. The summed E-state index contributed by atoms with van der Waals surface area (Å²) in [5.74, 6) is 1.17. The van der Waals surface area contributed by atoms with Gasteiger partial charge in [-0.3, -0.25) is 13.9 Å². The first-order chi connectivity index (χ1) is 18.5. The second kappa shape index (κ2) is 10.4. The van der Waals surface area contributed by atoms with Crippen LogP contribution < -0.4 is 21.9 Å². The van der Waals surface area contributed by atoms with Crippen LogP contribution in [0.25, 0.3) is 11.2 Å². The smallest absolute Gasteiger partial charge is 0.368 e. The Kier molecular flexibility index (Phi) is 7.09. The van der Waals surface area contributed by atoms with E-state index in [2.05, 4.69) is 24.8 Å². The molecule has 3 aromatic heterocycles. The van der Waals surface area contributed by atoms with Crippen LogP contribution in [0.2, 0.25) is 0 Å². The van der Waals surface area contributed by atoms with Gasteiger partial charge in [-0.15, -0.1) is 0 Å². The number of anilines is 2. The third-order valence-electron chi connectivity index (χ3n) is 6.56. The fraction of sp³-hybridized carbons (Fsp3) is 0.417. The number of piperidine rings is 1. The van der Waals surface area contributed by atoms with Crippen LogP contribution >= 0.6 is 11.8 Å². The maximum Gasteiger partial charge on any atom is 0.416 e. The summed E-state index contributed by atoms with van der Waals surface area (Å²) in [6, 6.07) is 4.87. The number of rotatable bonds is 6. The zero-order valence-corrected chi connectivity index (χ0v) is 22.1. The number of thioether (sulfide) groups is 1. The van der Waals surface area contributed by atoms with E-state index < -0.39 is 23.0 Å². The van der Waals surface area contributed by atoms with Gasteiger partial charge in [-0.25, -0.2) is 9.78 Å². The van der Waals surface area contributed by atoms with Crippen molar-refractivity contribution < 1.29 is 13.2 Å². The normalized spacial score (nSPS) is 14.3. The van der Waals surface area contributed by atoms with Crippen molar-refractivity contribution >= 4 is 34.8 Å². The zero-order chi connectivity index (χ0) is 27.9. The van der Waals surface area contributed by atoms with Crippen molar-refractivity contribution in [1.82, 2.24) is 33.6 Å². The van der Waals surface area contributed by atoms with Gasteiger partial charge in [0.25, 0.3) is 5.56 Å². The summed E-state index contributed by atoms with van der Waals surface area (Å²) in [5, 5.41) is 0.319. The van der Waals surface area contributed by atoms with E-state index in [4.69, 9.17) is 5.73 Å². The van der Waals surface area contributed by atoms with Crippen molar-refractivity contribution in [2.45, 2.75) is 42.9 Å². The number of nitrogens with zero attached hydrogens (tertiary/aromatic N) is 8. The SMILES string of the molecule is Cn1c(=O)c2c(nc(SCc3nc(N)nc(N4CCCCC4)n3)n2Cc2cccc(C(F)(F)F)c2)n(C)c1=O. The number of imidazole rings is 1. The van der Waals surface area contributed by atoms with E-state index in [0.717, 1.165) is 49.1 Å². The van der Waals surface area contributed by atoms with Crippen LogP contribution in [-0.4, -0.2) is 46.7 Å². The third kappa shape index (κ3) is 5.35. The van der Waals surface area contributed by atoms with Gasteiger partial charge in [-0.1, -0.05) is 23.9 Å². The number of benzene rings is 1. The molecule has 1 saturated heterocycles. The van der Waals surface area contributed by atoms with Gasteiger partial charge in [-0.2, -0.15) is 28.1 Å². The summed E-state index contributed by atoms with van der Waals surface area (Å²) in [4.78, 5) is 45.3. The predicted octanol–water partition coefficient (Wildman–Crippen LogP) is 2.55. The van der Waals surface area contributed by atoms with Crippen LogP contribution in [0.4, 0.5) is 25.1 Å². The van der Waals surface area contributed by atoms with E-state index in [0.29, 0.717) is 22.5 Å². The first kappa shape index (κ1) is 26.7. The van der Waals surface area contributed by atoms with Crippen LogP contribution in [-0.2, 0) is 32.6 Å². The van der Waals surface area contributed by atoms with Crippen LogP contribution in [0.15, 0.2) is 39.0 Å². The van der Waals surface area contributed by atoms with E-state index in [-0.39, 0.29) is 29.4 Å². The summed E-state index contributed by atoms with van der Waals surface area (Å²) >= 11 is 1.19. The number of aryl methyl sites for hydroxylation is 1. The number of hydrogen-bond donors (Lipinski definition) is 1. The molecule has 4 aromatic rings. The highest BCUT2D eigenvalue weighted by Gasteiger charge is 2.30. The van der Waals surface area contributed by atoms with Gasteiger partial charge in [0.05, 0.1) is 17.9 Å². The summed E-state index contributed by atoms with van der Waals surface area (Å²) < 4.78 is 43.8. The largest absolute Gasteiger partial charge is 0.416 e. The molecule has 1 fully saturated rings. The second-order valence-electron chi connectivity index (χ2n) is 9.30. The molecule has 5 rings (SSSR count). The number of alkyl halides is 3. The number of fused-ring (bicyclic) bond motifs is 1. The standard InChI is InChI=1S/C24H26F3N9O2S/c1-33-18-17(19(37)34(2)23(33)38)36(12-14-7-6-8-15(11-14)24(25,26)27)22(31-18)39-13-16-29-20(28)32-21(30-16)35-9-4-3-5-10-35/h6-8,11H,3-5,9-10,12-13H2,1-2H3,(H2,28,29,30,32). The molecule has 1 aliphatic heterocycles. The van der Waals surface area contributed by atoms with Crippen molar-refractivity contribution in [2.75, 3.05) is 23.7 Å². The molecule has 0 radical (unpaired) electrons. The lowest BCUT2D eigenvalue weighted by Gasteiger charge is -2.26. The molecule has 1 aliphatic rings. The summed E-state index contributed by atoms with van der Waals surface area (Å²) in [7, 11) is 2.83. The molecule has 11 nitrogen and oxygen atoms in total. The Bertz CT molecular complexity index is 1660. The van der Waals surface area contributed by atoms with Crippen LogP contribution in [0.1, 0.15) is 36.2 Å². The predicted molar refractivity (Wildman–Crippen MR) is 141 cm³/mol. The Labute approximate surface area is 224 Å². The van der Waals surface area contributed by atoms with Crippen molar-refractivity contribution in [2.24, 2.45) is 14.1 Å². The first-order valence-electron chi connectivity index (χ1n) is 12.2. The summed E-state index contributed by atoms with van der Waals surface area (Å²) in [5.41, 5.74) is 4.54. The molecule has 0 atom stereocenters. The molecule has 2 N–H and O–H groups in total. The lowest BCUT2D eigenvalue weighted by atomic mass is 10.1. The highest BCUT2D eigenvalue weighted by Crippen LogP contribution is 2.31. The number of aromatic nitrogens is 7. The van der Waals surface area contributed by atoms with E-state index in [1.807, 2.05) is 0 Å². The summed E-state index contributed by atoms with van der Waals surface area (Å²) in [6.45, 7) is 1.56. The van der Waals surface area contributed by atoms with Gasteiger partial charge < -0.3 is 15.2 Å². The molecule has 4 heterocycles. The Morgan fingerprint density at radius 1 is 1.00 bits per heavy atom. The molecule has 206 valence electrons. The first-order valence-corrected chi connectivity index (χ1v) is 13.2. The fourth-order valence-corrected chi connectivity index (χ4v) is 5.42. The molecule has 0 spiro atoms. The second-order valence-corrected chi connectivity index (χ2v) is 10.2. The Balaban J connectivity index is 1.54. The highest BCUT2D eigenvalue weighted by molar-refractivity contribution is 7.98. The zero-order valence-electron chi connectivity index (χ0n) is 21.3. The van der Waals surface area contributed by atoms with Gasteiger partial charge in [0, 0.05) is 27.2 Å². The molecule has 0 saturated carbocycles. The monoisotopic (exact) mass is 561 g/mol. The number of halogens is 3. The highest BCUT2D eigenvalue weighted by atomic mass is 32.2. The molecule has 0 unspecified atom stereocenters. The maximum absolute atomic E-state index is 13.4. The third-order valence-corrected chi connectivity index (χ3v) is 7.54. The molecule has 1 aromatic carbocycles. The van der Waals surface area contributed by atoms with E-state index >= 15 is 0 Å². The summed E-state index contributed by atoms with van der Waals surface area (Å²) in [6.07, 6.45) is -1.31. The molecule has 0 bridgehead atoms. The van der Waals surface area contributed by atoms with Crippen molar-refractivity contribution in [3.63, 3.8) is 0 Å². The molecule has 0 amide bonds. The minimum atomic E-state index is -4.52. The lowest BCUT2D eigenvalue weighted by molar-refractivity contribution is -0.137. The average Bonchev–Trinajstić information content (AvgIpc) is 3.27. The van der Waals surface area contributed by atoms with Gasteiger partial charge in [0.2, 0.25) is 11.9 Å². The number of nitrogens with two attached hydrogens (primary N) is 1. The van der Waals surface area contributed by atoms with Gasteiger partial charge in [0.1, 0.15) is 5.82 Å². The quantitative estimate of drug-likeness (QED) is 0.353. The number of nitrogen functional groups attached to an aromatic ring is 1. The van der Waals surface area contributed by atoms with E-state index in [1.54, 1.807) is 6.07 Å². The molecular weight excluding hydrogens is 535 g/mol. The maximum atomic E-state index is 13.4. The van der Waals surface area contributed by atoms with Gasteiger partial charge >= 0.3 is 11.9 Å². The minimum absolute atomic E-state index is 0.0748. The van der Waals surface area contributed by atoms with Crippen LogP contribution in [0.5, 0.6) is 0 Å². The fourth-order valence-electron chi connectivity index (χ4n) is 4.57. The van der Waals surface area contributed by atoms with Crippen molar-refractivity contribution in [3.05, 3.63) is 62.1 Å². The Hall–Kier alpha value is -3.88. The van der Waals surface area contributed by atoms with Gasteiger partial charge in [0.15, 0.2) is 16.3 Å². The van der Waals surface area contributed by atoms with Crippen molar-refractivity contribution in [3.8, 4) is 0 Å². The molecule has 0 aliphatic carbocycles. The molecule has 15 heteroatoms. The van der Waals surface area contributed by atoms with Crippen molar-refractivity contribution in [1.29, 1.82) is 0 Å².